The Balaban J connectivity index is 2.51. The monoisotopic (exact) mass is 240 g/mol. The predicted molar refractivity (Wildman–Crippen MR) is 77.6 cm³/mol. The fourth-order valence-corrected chi connectivity index (χ4v) is 2.35. The minimum absolute atomic E-state index is 0.581. The summed E-state index contributed by atoms with van der Waals surface area (Å²) in [7, 11) is 0. The number of aromatic nitrogens is 1. The minimum atomic E-state index is 0.581. The van der Waals surface area contributed by atoms with Gasteiger partial charge in [-0.2, -0.15) is 0 Å². The molecule has 0 amide bonds. The molecule has 2 rings (SSSR count). The fraction of sp³-hybridized carbons (Fsp3) is 0.312. The van der Waals surface area contributed by atoms with Gasteiger partial charge in [0.25, 0.3) is 0 Å². The normalized spacial score (nSPS) is 10.6. The lowest BCUT2D eigenvalue weighted by atomic mass is 9.95. The maximum absolute atomic E-state index is 5.70. The zero-order chi connectivity index (χ0) is 13.1. The molecule has 94 valence electrons. The number of hydrogen-bond acceptors (Lipinski definition) is 2. The van der Waals surface area contributed by atoms with Crippen LogP contribution in [0.25, 0.3) is 11.1 Å². The van der Waals surface area contributed by atoms with E-state index in [1.165, 1.54) is 27.8 Å². The van der Waals surface area contributed by atoms with E-state index in [0.717, 1.165) is 12.8 Å². The van der Waals surface area contributed by atoms with Crippen molar-refractivity contribution in [1.82, 2.24) is 4.98 Å². The van der Waals surface area contributed by atoms with E-state index in [2.05, 4.69) is 44.0 Å². The largest absolute Gasteiger partial charge is 0.384 e. The number of nitrogen functional groups attached to an aromatic ring is 1. The summed E-state index contributed by atoms with van der Waals surface area (Å²) in [4.78, 5) is 4.19. The van der Waals surface area contributed by atoms with Gasteiger partial charge in [-0.25, -0.2) is 4.98 Å². The third-order valence-electron chi connectivity index (χ3n) is 3.41. The third kappa shape index (κ3) is 2.37. The maximum atomic E-state index is 5.70. The van der Waals surface area contributed by atoms with Gasteiger partial charge in [0.15, 0.2) is 0 Å². The van der Waals surface area contributed by atoms with Gasteiger partial charge in [0.05, 0.1) is 0 Å². The summed E-state index contributed by atoms with van der Waals surface area (Å²) in [5, 5.41) is 0. The van der Waals surface area contributed by atoms with E-state index < -0.39 is 0 Å². The topological polar surface area (TPSA) is 38.9 Å². The number of pyridine rings is 1. The zero-order valence-corrected chi connectivity index (χ0v) is 11.3. The van der Waals surface area contributed by atoms with Crippen molar-refractivity contribution in [2.45, 2.75) is 33.6 Å². The van der Waals surface area contributed by atoms with E-state index in [1.54, 1.807) is 0 Å². The van der Waals surface area contributed by atoms with Crippen LogP contribution in [0, 0.1) is 6.92 Å². The van der Waals surface area contributed by atoms with Crippen LogP contribution < -0.4 is 5.73 Å². The van der Waals surface area contributed by atoms with Gasteiger partial charge in [-0.05, 0) is 48.1 Å². The molecule has 0 radical (unpaired) electrons. The molecule has 1 heterocycles. The molecule has 0 atom stereocenters. The van der Waals surface area contributed by atoms with E-state index in [1.807, 2.05) is 12.3 Å². The number of hydrogen-bond donors (Lipinski definition) is 1. The molecule has 0 aliphatic carbocycles. The Morgan fingerprint density at radius 1 is 1.06 bits per heavy atom. The molecule has 0 saturated heterocycles. The highest BCUT2D eigenvalue weighted by atomic mass is 14.8. The first-order chi connectivity index (χ1) is 8.65. The Morgan fingerprint density at radius 3 is 2.39 bits per heavy atom. The van der Waals surface area contributed by atoms with Gasteiger partial charge in [0.2, 0.25) is 0 Å². The fourth-order valence-electron chi connectivity index (χ4n) is 2.35. The van der Waals surface area contributed by atoms with Crippen molar-refractivity contribution < 1.29 is 0 Å². The second-order valence-electron chi connectivity index (χ2n) is 4.61. The Kier molecular flexibility index (Phi) is 3.66. The summed E-state index contributed by atoms with van der Waals surface area (Å²) in [6.45, 7) is 6.48. The second kappa shape index (κ2) is 5.21. The van der Waals surface area contributed by atoms with Crippen LogP contribution in [0.1, 0.15) is 30.5 Å². The van der Waals surface area contributed by atoms with Crippen molar-refractivity contribution in [2.24, 2.45) is 0 Å². The summed E-state index contributed by atoms with van der Waals surface area (Å²) < 4.78 is 0. The smallest absolute Gasteiger partial charge is 0.123 e. The molecular formula is C16H20N2. The average Bonchev–Trinajstić information content (AvgIpc) is 2.38. The molecule has 0 saturated carbocycles. The van der Waals surface area contributed by atoms with E-state index >= 15 is 0 Å². The van der Waals surface area contributed by atoms with E-state index in [-0.39, 0.29) is 0 Å². The average molecular weight is 240 g/mol. The third-order valence-corrected chi connectivity index (χ3v) is 3.41. The number of aryl methyl sites for hydroxylation is 3. The molecule has 0 spiro atoms. The van der Waals surface area contributed by atoms with Crippen LogP contribution in [0.15, 0.2) is 30.5 Å². The molecule has 2 aromatic rings. The minimum Gasteiger partial charge on any atom is -0.384 e. The lowest BCUT2D eigenvalue weighted by molar-refractivity contribution is 1.04. The first-order valence-electron chi connectivity index (χ1n) is 6.50. The van der Waals surface area contributed by atoms with Crippen LogP contribution in [-0.2, 0) is 12.8 Å². The van der Waals surface area contributed by atoms with Gasteiger partial charge in [-0.3, -0.25) is 0 Å². The van der Waals surface area contributed by atoms with Gasteiger partial charge in [-0.15, -0.1) is 0 Å². The summed E-state index contributed by atoms with van der Waals surface area (Å²) in [5.74, 6) is 0.581. The molecule has 18 heavy (non-hydrogen) atoms. The Labute approximate surface area is 109 Å². The highest BCUT2D eigenvalue weighted by molar-refractivity contribution is 5.68. The van der Waals surface area contributed by atoms with Crippen LogP contribution in [0.3, 0.4) is 0 Å². The first kappa shape index (κ1) is 12.6. The van der Waals surface area contributed by atoms with Gasteiger partial charge >= 0.3 is 0 Å². The molecular weight excluding hydrogens is 220 g/mol. The highest BCUT2D eigenvalue weighted by Gasteiger charge is 2.06. The summed E-state index contributed by atoms with van der Waals surface area (Å²) in [6.07, 6.45) is 4.02. The number of benzene rings is 1. The predicted octanol–water partition coefficient (Wildman–Crippen LogP) is 3.76. The van der Waals surface area contributed by atoms with Crippen molar-refractivity contribution in [3.8, 4) is 11.1 Å². The van der Waals surface area contributed by atoms with Crippen molar-refractivity contribution in [3.05, 3.63) is 47.2 Å². The maximum Gasteiger partial charge on any atom is 0.123 e. The van der Waals surface area contributed by atoms with Crippen LogP contribution in [0.2, 0.25) is 0 Å². The van der Waals surface area contributed by atoms with Crippen molar-refractivity contribution >= 4 is 5.82 Å². The summed E-state index contributed by atoms with van der Waals surface area (Å²) in [6, 6.07) is 8.61. The molecule has 2 nitrogen and oxygen atoms in total. The standard InChI is InChI=1S/C16H20N2/c1-4-12-6-7-14(9-13(12)5-2)15-10-18-16(17)8-11(15)3/h6-10H,4-5H2,1-3H3,(H2,17,18). The molecule has 0 bridgehead atoms. The number of rotatable bonds is 3. The molecule has 2 N–H and O–H groups in total. The Morgan fingerprint density at radius 2 is 1.78 bits per heavy atom. The molecule has 2 heteroatoms. The number of nitrogens with two attached hydrogens (primary N) is 1. The quantitative estimate of drug-likeness (QED) is 0.887. The van der Waals surface area contributed by atoms with Gasteiger partial charge < -0.3 is 5.73 Å². The van der Waals surface area contributed by atoms with Crippen LogP contribution in [0.5, 0.6) is 0 Å². The van der Waals surface area contributed by atoms with Gasteiger partial charge in [0, 0.05) is 11.8 Å². The first-order valence-corrected chi connectivity index (χ1v) is 6.50. The van der Waals surface area contributed by atoms with Crippen LogP contribution >= 0.6 is 0 Å². The van der Waals surface area contributed by atoms with Crippen molar-refractivity contribution in [1.29, 1.82) is 0 Å². The summed E-state index contributed by atoms with van der Waals surface area (Å²) in [5.41, 5.74) is 12.1. The zero-order valence-electron chi connectivity index (χ0n) is 11.3. The Bertz CT molecular complexity index is 559. The molecule has 1 aromatic carbocycles. The van der Waals surface area contributed by atoms with Crippen molar-refractivity contribution in [2.75, 3.05) is 5.73 Å². The van der Waals surface area contributed by atoms with Crippen molar-refractivity contribution in [3.63, 3.8) is 0 Å². The molecule has 0 unspecified atom stereocenters. The second-order valence-corrected chi connectivity index (χ2v) is 4.61. The molecule has 0 fully saturated rings. The molecule has 1 aromatic heterocycles. The lowest BCUT2D eigenvalue weighted by Crippen LogP contribution is -1.95. The van der Waals surface area contributed by atoms with Gasteiger partial charge in [-0.1, -0.05) is 32.0 Å². The SMILES string of the molecule is CCc1ccc(-c2cnc(N)cc2C)cc1CC. The van der Waals surface area contributed by atoms with E-state index in [4.69, 9.17) is 5.73 Å². The Hall–Kier alpha value is -1.83. The molecule has 0 aliphatic heterocycles. The molecule has 0 aliphatic rings. The number of nitrogens with zero attached hydrogens (tertiary/aromatic N) is 1. The lowest BCUT2D eigenvalue weighted by Gasteiger charge is -2.11. The van der Waals surface area contributed by atoms with E-state index in [9.17, 15) is 0 Å². The van der Waals surface area contributed by atoms with E-state index in [0.29, 0.717) is 5.82 Å². The summed E-state index contributed by atoms with van der Waals surface area (Å²) >= 11 is 0. The van der Waals surface area contributed by atoms with Gasteiger partial charge in [0.1, 0.15) is 5.82 Å². The van der Waals surface area contributed by atoms with Crippen LogP contribution in [-0.4, -0.2) is 4.98 Å². The number of anilines is 1. The highest BCUT2D eigenvalue weighted by Crippen LogP contribution is 2.26. The van der Waals surface area contributed by atoms with Crippen LogP contribution in [0.4, 0.5) is 5.82 Å².